The SMILES string of the molecule is CC.Cc1c2c3c(c(C)c(=O)c4c5c(=O)c(C)c6c7c(c(C)c(C)c(c(c1C)c34)c75)C6)C2. The monoisotopic (exact) mass is 420 g/mol. The van der Waals surface area contributed by atoms with Crippen molar-refractivity contribution < 1.29 is 0 Å². The van der Waals surface area contributed by atoms with Gasteiger partial charge in [-0.3, -0.25) is 9.59 Å². The lowest BCUT2D eigenvalue weighted by atomic mass is 9.70. The van der Waals surface area contributed by atoms with Gasteiger partial charge in [-0.15, -0.1) is 0 Å². The summed E-state index contributed by atoms with van der Waals surface area (Å²) in [6.45, 7) is 16.7. The third kappa shape index (κ3) is 1.79. The third-order valence-electron chi connectivity index (χ3n) is 8.74. The number of benzene rings is 5. The topological polar surface area (TPSA) is 34.1 Å². The van der Waals surface area contributed by atoms with Crippen molar-refractivity contribution in [2.24, 2.45) is 0 Å². The van der Waals surface area contributed by atoms with Crippen molar-refractivity contribution in [2.75, 3.05) is 0 Å². The van der Waals surface area contributed by atoms with Gasteiger partial charge < -0.3 is 0 Å². The van der Waals surface area contributed by atoms with Crippen molar-refractivity contribution >= 4 is 43.1 Å². The average Bonchev–Trinajstić information content (AvgIpc) is 2.73. The Balaban J connectivity index is 0.000000953. The maximum Gasteiger partial charge on any atom is 0.190 e. The molecule has 2 nitrogen and oxygen atoms in total. The van der Waals surface area contributed by atoms with Crippen molar-refractivity contribution in [2.45, 2.75) is 68.2 Å². The zero-order valence-electron chi connectivity index (χ0n) is 20.2. The molecule has 0 unspecified atom stereocenters. The van der Waals surface area contributed by atoms with E-state index in [1.807, 2.05) is 27.7 Å². The molecule has 5 aromatic rings. The van der Waals surface area contributed by atoms with Crippen LogP contribution in [0, 0.1) is 41.5 Å². The first-order valence-electron chi connectivity index (χ1n) is 11.8. The van der Waals surface area contributed by atoms with Crippen LogP contribution in [0.25, 0.3) is 43.1 Å². The van der Waals surface area contributed by atoms with Gasteiger partial charge in [0.05, 0.1) is 0 Å². The Bertz CT molecular complexity index is 1680. The molecular formula is C30H28O2. The molecule has 160 valence electrons. The largest absolute Gasteiger partial charge is 0.289 e. The highest BCUT2D eigenvalue weighted by molar-refractivity contribution is 6.37. The van der Waals surface area contributed by atoms with E-state index in [0.29, 0.717) is 10.8 Å². The third-order valence-corrected chi connectivity index (χ3v) is 8.74. The maximum atomic E-state index is 13.7. The Morgan fingerprint density at radius 3 is 1.03 bits per heavy atom. The van der Waals surface area contributed by atoms with Crippen LogP contribution in [-0.2, 0) is 12.8 Å². The average molecular weight is 421 g/mol. The fraction of sp³-hybridized carbons (Fsp3) is 0.333. The van der Waals surface area contributed by atoms with Gasteiger partial charge in [0.25, 0.3) is 0 Å². The molecule has 0 saturated heterocycles. The van der Waals surface area contributed by atoms with E-state index >= 15 is 0 Å². The standard InChI is InChI=1S/C28H22O2.C2H6/c1-9-11(3)19-20-12(4)10(2)16-8-18-14(6)28(30)26(24(20)22(16)18)25-23(19)21-15(9)7-17(21)13(5)27(25)29;1-2/h7-8H2,1-6H3;1-2H3. The summed E-state index contributed by atoms with van der Waals surface area (Å²) in [4.78, 5) is 27.3. The molecule has 0 atom stereocenters. The van der Waals surface area contributed by atoms with Crippen LogP contribution in [-0.4, -0.2) is 0 Å². The van der Waals surface area contributed by atoms with Gasteiger partial charge in [-0.25, -0.2) is 0 Å². The first kappa shape index (κ1) is 19.7. The van der Waals surface area contributed by atoms with E-state index in [0.717, 1.165) is 34.7 Å². The van der Waals surface area contributed by atoms with Crippen LogP contribution in [0.5, 0.6) is 0 Å². The Kier molecular flexibility index (Phi) is 3.60. The van der Waals surface area contributed by atoms with Gasteiger partial charge in [0.2, 0.25) is 0 Å². The fourth-order valence-corrected chi connectivity index (χ4v) is 6.67. The van der Waals surface area contributed by atoms with Gasteiger partial charge in [0.1, 0.15) is 0 Å². The molecule has 0 radical (unpaired) electrons. The summed E-state index contributed by atoms with van der Waals surface area (Å²) < 4.78 is 0. The fourth-order valence-electron chi connectivity index (χ4n) is 6.67. The van der Waals surface area contributed by atoms with Gasteiger partial charge in [-0.2, -0.15) is 0 Å². The summed E-state index contributed by atoms with van der Waals surface area (Å²) in [5, 5.41) is 8.38. The van der Waals surface area contributed by atoms with E-state index in [-0.39, 0.29) is 10.9 Å². The van der Waals surface area contributed by atoms with Gasteiger partial charge >= 0.3 is 0 Å². The van der Waals surface area contributed by atoms with E-state index in [2.05, 4.69) is 27.7 Å². The first-order valence-corrected chi connectivity index (χ1v) is 11.8. The minimum Gasteiger partial charge on any atom is -0.289 e. The van der Waals surface area contributed by atoms with Crippen LogP contribution >= 0.6 is 0 Å². The van der Waals surface area contributed by atoms with Crippen LogP contribution in [0.2, 0.25) is 0 Å². The minimum atomic E-state index is 0.0594. The molecule has 0 heterocycles. The predicted molar refractivity (Wildman–Crippen MR) is 137 cm³/mol. The smallest absolute Gasteiger partial charge is 0.190 e. The lowest BCUT2D eigenvalue weighted by molar-refractivity contribution is 1.08. The van der Waals surface area contributed by atoms with Crippen LogP contribution in [0.3, 0.4) is 0 Å². The predicted octanol–water partition coefficient (Wildman–Crippen LogP) is 6.58. The lowest BCUT2D eigenvalue weighted by Crippen LogP contribution is -2.23. The Labute approximate surface area is 187 Å². The molecule has 2 aliphatic carbocycles. The van der Waals surface area contributed by atoms with Crippen molar-refractivity contribution in [1.82, 2.24) is 0 Å². The summed E-state index contributed by atoms with van der Waals surface area (Å²) in [5.74, 6) is 0. The van der Waals surface area contributed by atoms with Crippen LogP contribution < -0.4 is 10.9 Å². The number of fused-ring (bicyclic) bond motifs is 2. The quantitative estimate of drug-likeness (QED) is 0.205. The molecule has 5 aromatic carbocycles. The molecular weight excluding hydrogens is 392 g/mol. The molecule has 0 N–H and O–H groups in total. The first-order chi connectivity index (χ1) is 15.3. The second-order valence-corrected chi connectivity index (χ2v) is 9.68. The van der Waals surface area contributed by atoms with Crippen molar-refractivity contribution in [3.63, 3.8) is 0 Å². The highest BCUT2D eigenvalue weighted by Gasteiger charge is 2.34. The summed E-state index contributed by atoms with van der Waals surface area (Å²) in [6.07, 6.45) is 1.75. The minimum absolute atomic E-state index is 0.0594. The number of hydrogen-bond donors (Lipinski definition) is 0. The number of hydrogen-bond acceptors (Lipinski definition) is 2. The van der Waals surface area contributed by atoms with Gasteiger partial charge in [-0.05, 0) is 120 Å². The number of aryl methyl sites for hydroxylation is 2. The molecule has 0 bridgehead atoms. The number of rotatable bonds is 0. The van der Waals surface area contributed by atoms with Crippen molar-refractivity contribution in [1.29, 1.82) is 0 Å². The van der Waals surface area contributed by atoms with E-state index in [9.17, 15) is 9.59 Å². The van der Waals surface area contributed by atoms with E-state index in [1.165, 1.54) is 66.1 Å². The van der Waals surface area contributed by atoms with E-state index in [1.54, 1.807) is 0 Å². The molecule has 0 saturated carbocycles. The van der Waals surface area contributed by atoms with Crippen LogP contribution in [0.1, 0.15) is 69.5 Å². The van der Waals surface area contributed by atoms with Crippen LogP contribution in [0.4, 0.5) is 0 Å². The molecule has 2 aliphatic rings. The maximum absolute atomic E-state index is 13.7. The summed E-state index contributed by atoms with van der Waals surface area (Å²) in [7, 11) is 0. The normalized spacial score (nSPS) is 13.6. The summed E-state index contributed by atoms with van der Waals surface area (Å²) in [6, 6.07) is 0. The molecule has 0 aliphatic heterocycles. The zero-order chi connectivity index (χ0) is 23.0. The Morgan fingerprint density at radius 2 is 0.688 bits per heavy atom. The highest BCUT2D eigenvalue weighted by atomic mass is 16.1. The molecule has 2 heteroatoms. The molecule has 0 fully saturated rings. The second kappa shape index (κ2) is 5.86. The summed E-state index contributed by atoms with van der Waals surface area (Å²) in [5.41, 5.74) is 12.1. The van der Waals surface area contributed by atoms with Crippen molar-refractivity contribution in [3.05, 3.63) is 76.1 Å². The molecule has 7 rings (SSSR count). The highest BCUT2D eigenvalue weighted by Crippen LogP contribution is 2.52. The van der Waals surface area contributed by atoms with Crippen molar-refractivity contribution in [3.8, 4) is 0 Å². The molecule has 0 amide bonds. The van der Waals surface area contributed by atoms with E-state index < -0.39 is 0 Å². The lowest BCUT2D eigenvalue weighted by Gasteiger charge is -2.33. The van der Waals surface area contributed by atoms with Gasteiger partial charge in [0, 0.05) is 32.7 Å². The van der Waals surface area contributed by atoms with Gasteiger partial charge in [0.15, 0.2) is 10.9 Å². The molecule has 32 heavy (non-hydrogen) atoms. The Hall–Kier alpha value is -3.00. The van der Waals surface area contributed by atoms with Gasteiger partial charge in [-0.1, -0.05) is 13.8 Å². The van der Waals surface area contributed by atoms with Crippen LogP contribution in [0.15, 0.2) is 9.59 Å². The molecule has 0 spiro atoms. The van der Waals surface area contributed by atoms with E-state index in [4.69, 9.17) is 0 Å². The Morgan fingerprint density at radius 1 is 0.375 bits per heavy atom. The summed E-state index contributed by atoms with van der Waals surface area (Å²) >= 11 is 0. The second-order valence-electron chi connectivity index (χ2n) is 9.68. The molecule has 0 aromatic heterocycles. The zero-order valence-corrected chi connectivity index (χ0v) is 20.2.